The van der Waals surface area contributed by atoms with Gasteiger partial charge in [0.15, 0.2) is 5.16 Å². The third kappa shape index (κ3) is 3.67. The highest BCUT2D eigenvalue weighted by molar-refractivity contribution is 7.99. The topological polar surface area (TPSA) is 56.7 Å². The predicted octanol–water partition coefficient (Wildman–Crippen LogP) is 4.10. The average Bonchev–Trinajstić information content (AvgIpc) is 3.04. The van der Waals surface area contributed by atoms with Gasteiger partial charge in [-0.2, -0.15) is 0 Å². The van der Waals surface area contributed by atoms with E-state index in [1.165, 1.54) is 18.5 Å². The Hall–Kier alpha value is -1.30. The highest BCUT2D eigenvalue weighted by Crippen LogP contribution is 2.34. The van der Waals surface area contributed by atoms with E-state index in [1.807, 2.05) is 6.92 Å². The van der Waals surface area contributed by atoms with Crippen molar-refractivity contribution in [1.82, 2.24) is 19.7 Å². The monoisotopic (exact) mass is 308 g/mol. The lowest BCUT2D eigenvalue weighted by atomic mass is 10.3. The number of hydrogen-bond donors (Lipinski definition) is 0. The van der Waals surface area contributed by atoms with Gasteiger partial charge in [-0.3, -0.25) is 0 Å². The summed E-state index contributed by atoms with van der Waals surface area (Å²) in [5.41, 5.74) is 2.35. The number of nitrogens with zero attached hydrogens (tertiary/aromatic N) is 4. The lowest BCUT2D eigenvalue weighted by molar-refractivity contribution is 0.455. The van der Waals surface area contributed by atoms with Crippen LogP contribution in [0.15, 0.2) is 9.57 Å². The summed E-state index contributed by atoms with van der Waals surface area (Å²) < 4.78 is 7.95. The molecule has 0 saturated heterocycles. The minimum Gasteiger partial charge on any atom is -0.424 e. The fourth-order valence-electron chi connectivity index (χ4n) is 2.08. The summed E-state index contributed by atoms with van der Waals surface area (Å²) in [6, 6.07) is 0. The summed E-state index contributed by atoms with van der Waals surface area (Å²) in [6.45, 7) is 11.5. The third-order valence-corrected chi connectivity index (χ3v) is 4.65. The molecule has 0 aliphatic heterocycles. The Balaban J connectivity index is 2.16. The summed E-state index contributed by atoms with van der Waals surface area (Å²) in [7, 11) is 0. The van der Waals surface area contributed by atoms with E-state index in [0.717, 1.165) is 23.8 Å². The van der Waals surface area contributed by atoms with Crippen molar-refractivity contribution in [3.63, 3.8) is 0 Å². The Morgan fingerprint density at radius 3 is 2.62 bits per heavy atom. The second-order valence-corrected chi connectivity index (χ2v) is 6.53. The first-order valence-corrected chi connectivity index (χ1v) is 8.47. The van der Waals surface area contributed by atoms with E-state index in [4.69, 9.17) is 9.40 Å². The second kappa shape index (κ2) is 7.11. The Morgan fingerprint density at radius 1 is 1.24 bits per heavy atom. The van der Waals surface area contributed by atoms with E-state index in [-0.39, 0.29) is 5.25 Å². The fraction of sp³-hybridized carbons (Fsp3) is 0.667. The van der Waals surface area contributed by atoms with Crippen molar-refractivity contribution in [2.75, 3.05) is 0 Å². The number of unbranched alkanes of at least 4 members (excludes halogenated alkanes) is 1. The summed E-state index contributed by atoms with van der Waals surface area (Å²) >= 11 is 1.69. The Morgan fingerprint density at radius 2 is 2.00 bits per heavy atom. The molecule has 0 spiro atoms. The van der Waals surface area contributed by atoms with Crippen molar-refractivity contribution < 1.29 is 4.42 Å². The molecular formula is C15H24N4OS. The molecule has 5 nitrogen and oxygen atoms in total. The normalized spacial score (nSPS) is 12.8. The number of hydrogen-bond acceptors (Lipinski definition) is 5. The minimum atomic E-state index is 0.111. The van der Waals surface area contributed by atoms with Gasteiger partial charge in [-0.1, -0.05) is 32.0 Å². The van der Waals surface area contributed by atoms with Crippen molar-refractivity contribution in [3.8, 4) is 0 Å². The highest BCUT2D eigenvalue weighted by Gasteiger charge is 2.19. The lowest BCUT2D eigenvalue weighted by Gasteiger charge is -2.11. The lowest BCUT2D eigenvalue weighted by Crippen LogP contribution is -2.03. The van der Waals surface area contributed by atoms with Gasteiger partial charge in [-0.05, 0) is 27.2 Å². The number of aromatic nitrogens is 4. The molecule has 0 fully saturated rings. The fourth-order valence-corrected chi connectivity index (χ4v) is 3.13. The molecule has 2 heterocycles. The summed E-state index contributed by atoms with van der Waals surface area (Å²) in [6.07, 6.45) is 3.12. The Bertz CT molecular complexity index is 591. The van der Waals surface area contributed by atoms with Crippen LogP contribution in [0.25, 0.3) is 0 Å². The van der Waals surface area contributed by atoms with Gasteiger partial charge in [0.2, 0.25) is 11.8 Å². The van der Waals surface area contributed by atoms with Crippen LogP contribution in [-0.4, -0.2) is 19.7 Å². The molecule has 0 radical (unpaired) electrons. The molecule has 0 aliphatic carbocycles. The number of imidazole rings is 1. The molecule has 0 saturated carbocycles. The molecule has 2 aromatic heterocycles. The van der Waals surface area contributed by atoms with Gasteiger partial charge in [-0.25, -0.2) is 4.98 Å². The molecule has 0 bridgehead atoms. The summed E-state index contributed by atoms with van der Waals surface area (Å²) in [5, 5.41) is 9.32. The molecule has 116 valence electrons. The van der Waals surface area contributed by atoms with Crippen molar-refractivity contribution >= 4 is 11.8 Å². The average molecular weight is 308 g/mol. The van der Waals surface area contributed by atoms with Gasteiger partial charge >= 0.3 is 0 Å². The molecule has 2 rings (SSSR count). The van der Waals surface area contributed by atoms with Gasteiger partial charge in [0.1, 0.15) is 0 Å². The van der Waals surface area contributed by atoms with E-state index in [0.29, 0.717) is 11.8 Å². The van der Waals surface area contributed by atoms with E-state index in [9.17, 15) is 0 Å². The molecule has 0 aliphatic rings. The zero-order valence-corrected chi connectivity index (χ0v) is 14.3. The van der Waals surface area contributed by atoms with Crippen molar-refractivity contribution in [1.29, 1.82) is 0 Å². The van der Waals surface area contributed by atoms with Crippen LogP contribution < -0.4 is 0 Å². The van der Waals surface area contributed by atoms with Crippen LogP contribution in [0.2, 0.25) is 0 Å². The van der Waals surface area contributed by atoms with Gasteiger partial charge in [-0.15, -0.1) is 10.2 Å². The van der Waals surface area contributed by atoms with E-state index < -0.39 is 0 Å². The summed E-state index contributed by atoms with van der Waals surface area (Å²) in [4.78, 5) is 4.69. The van der Waals surface area contributed by atoms with E-state index in [1.54, 1.807) is 11.8 Å². The van der Waals surface area contributed by atoms with E-state index in [2.05, 4.69) is 42.5 Å². The smallest absolute Gasteiger partial charge is 0.229 e. The van der Waals surface area contributed by atoms with Gasteiger partial charge in [0.25, 0.3) is 0 Å². The molecule has 2 aromatic rings. The molecule has 0 N–H and O–H groups in total. The molecular weight excluding hydrogens is 284 g/mol. The molecule has 21 heavy (non-hydrogen) atoms. The first kappa shape index (κ1) is 16.1. The molecule has 1 atom stereocenters. The zero-order valence-electron chi connectivity index (χ0n) is 13.5. The van der Waals surface area contributed by atoms with E-state index >= 15 is 0 Å². The molecule has 0 amide bonds. The maximum absolute atomic E-state index is 5.64. The maximum atomic E-state index is 5.64. The van der Waals surface area contributed by atoms with Crippen LogP contribution in [0.3, 0.4) is 0 Å². The Labute approximate surface area is 130 Å². The highest BCUT2D eigenvalue weighted by atomic mass is 32.2. The second-order valence-electron chi connectivity index (χ2n) is 5.22. The Kier molecular flexibility index (Phi) is 5.45. The van der Waals surface area contributed by atoms with Crippen molar-refractivity contribution in [3.05, 3.63) is 23.2 Å². The quantitative estimate of drug-likeness (QED) is 0.721. The van der Waals surface area contributed by atoms with Crippen LogP contribution >= 0.6 is 11.8 Å². The van der Waals surface area contributed by atoms with Crippen LogP contribution in [0.1, 0.15) is 62.0 Å². The molecule has 1 unspecified atom stereocenters. The van der Waals surface area contributed by atoms with Crippen LogP contribution in [-0.2, 0) is 13.0 Å². The minimum absolute atomic E-state index is 0.111. The van der Waals surface area contributed by atoms with Crippen molar-refractivity contribution in [2.24, 2.45) is 0 Å². The standard InChI is InChI=1S/C15H24N4OS/c1-6-8-9-19-11(4)10(3)16-15(19)21-12(5)14-18-17-13(7-2)20-14/h12H,6-9H2,1-5H3. The molecule has 6 heteroatoms. The van der Waals surface area contributed by atoms with Gasteiger partial charge in [0, 0.05) is 18.7 Å². The number of aryl methyl sites for hydroxylation is 2. The SMILES string of the molecule is CCCCn1c(SC(C)c2nnc(CC)o2)nc(C)c1C. The molecule has 0 aromatic carbocycles. The summed E-state index contributed by atoms with van der Waals surface area (Å²) in [5.74, 6) is 1.37. The maximum Gasteiger partial charge on any atom is 0.229 e. The number of thioether (sulfide) groups is 1. The number of rotatable bonds is 7. The predicted molar refractivity (Wildman–Crippen MR) is 84.6 cm³/mol. The van der Waals surface area contributed by atoms with Crippen LogP contribution in [0, 0.1) is 13.8 Å². The first-order valence-electron chi connectivity index (χ1n) is 7.59. The third-order valence-electron chi connectivity index (χ3n) is 3.57. The first-order chi connectivity index (χ1) is 10.1. The largest absolute Gasteiger partial charge is 0.424 e. The van der Waals surface area contributed by atoms with Crippen LogP contribution in [0.4, 0.5) is 0 Å². The van der Waals surface area contributed by atoms with Gasteiger partial charge < -0.3 is 8.98 Å². The van der Waals surface area contributed by atoms with Crippen molar-refractivity contribution in [2.45, 2.75) is 70.8 Å². The van der Waals surface area contributed by atoms with Gasteiger partial charge in [0.05, 0.1) is 10.9 Å². The zero-order chi connectivity index (χ0) is 15.4. The van der Waals surface area contributed by atoms with Crippen LogP contribution in [0.5, 0.6) is 0 Å².